The lowest BCUT2D eigenvalue weighted by Gasteiger charge is -2.16. The first-order chi connectivity index (χ1) is 8.22. The quantitative estimate of drug-likeness (QED) is 0.834. The second kappa shape index (κ2) is 5.01. The van der Waals surface area contributed by atoms with E-state index in [4.69, 9.17) is 4.74 Å². The lowest BCUT2D eigenvalue weighted by Crippen LogP contribution is -2.25. The fourth-order valence-electron chi connectivity index (χ4n) is 1.49. The molecule has 0 bridgehead atoms. The minimum atomic E-state index is 0.00478. The van der Waals surface area contributed by atoms with Gasteiger partial charge in [-0.15, -0.1) is 11.3 Å². The van der Waals surface area contributed by atoms with E-state index in [0.29, 0.717) is 0 Å². The third kappa shape index (κ3) is 2.47. The third-order valence-corrected chi connectivity index (χ3v) is 3.35. The average Bonchev–Trinajstić information content (AvgIpc) is 2.91. The van der Waals surface area contributed by atoms with Crippen LogP contribution in [0.5, 0.6) is 5.75 Å². The maximum Gasteiger partial charge on any atom is 0.268 e. The molecule has 0 unspecified atom stereocenters. The summed E-state index contributed by atoms with van der Waals surface area (Å²) in [6.45, 7) is 0. The van der Waals surface area contributed by atoms with E-state index in [1.54, 1.807) is 19.1 Å². The molecule has 2 rings (SSSR count). The Kier molecular flexibility index (Phi) is 3.44. The number of benzene rings is 1. The molecule has 88 valence electrons. The molecule has 0 aliphatic rings. The standard InChI is InChI=1S/C13H13NO2S/c1-14(13(15)12-4-3-9-17-12)10-5-7-11(16-2)8-6-10/h3-9H,1-2H3. The predicted octanol–water partition coefficient (Wildman–Crippen LogP) is 3.03. The van der Waals surface area contributed by atoms with Gasteiger partial charge < -0.3 is 9.64 Å². The van der Waals surface area contributed by atoms with E-state index < -0.39 is 0 Å². The summed E-state index contributed by atoms with van der Waals surface area (Å²) >= 11 is 1.45. The van der Waals surface area contributed by atoms with E-state index in [9.17, 15) is 4.79 Å². The van der Waals surface area contributed by atoms with Crippen LogP contribution in [0.15, 0.2) is 41.8 Å². The van der Waals surface area contributed by atoms with E-state index in [-0.39, 0.29) is 5.91 Å². The van der Waals surface area contributed by atoms with Crippen LogP contribution in [-0.4, -0.2) is 20.1 Å². The summed E-state index contributed by atoms with van der Waals surface area (Å²) in [4.78, 5) is 14.4. The van der Waals surface area contributed by atoms with Gasteiger partial charge in [0.15, 0.2) is 0 Å². The van der Waals surface area contributed by atoms with Crippen molar-refractivity contribution in [1.82, 2.24) is 0 Å². The van der Waals surface area contributed by atoms with Crippen molar-refractivity contribution in [3.63, 3.8) is 0 Å². The Morgan fingerprint density at radius 1 is 1.24 bits per heavy atom. The van der Waals surface area contributed by atoms with E-state index in [1.807, 2.05) is 41.8 Å². The van der Waals surface area contributed by atoms with Gasteiger partial charge in [0.2, 0.25) is 0 Å². The number of hydrogen-bond acceptors (Lipinski definition) is 3. The Morgan fingerprint density at radius 2 is 1.94 bits per heavy atom. The van der Waals surface area contributed by atoms with E-state index in [0.717, 1.165) is 16.3 Å². The molecule has 1 amide bonds. The van der Waals surface area contributed by atoms with Crippen LogP contribution in [0, 0.1) is 0 Å². The number of nitrogens with zero attached hydrogens (tertiary/aromatic N) is 1. The molecule has 1 aromatic carbocycles. The Morgan fingerprint density at radius 3 is 2.47 bits per heavy atom. The Bertz CT molecular complexity index is 491. The van der Waals surface area contributed by atoms with Gasteiger partial charge in [-0.1, -0.05) is 6.07 Å². The Hall–Kier alpha value is -1.81. The van der Waals surface area contributed by atoms with Crippen LogP contribution >= 0.6 is 11.3 Å². The number of carbonyl (C=O) groups excluding carboxylic acids is 1. The number of carbonyl (C=O) groups is 1. The Balaban J connectivity index is 2.19. The lowest BCUT2D eigenvalue weighted by atomic mass is 10.2. The summed E-state index contributed by atoms with van der Waals surface area (Å²) in [7, 11) is 3.39. The molecule has 1 aromatic heterocycles. The van der Waals surface area contributed by atoms with Gasteiger partial charge in [0, 0.05) is 12.7 Å². The normalized spacial score (nSPS) is 10.0. The maximum absolute atomic E-state index is 12.1. The number of thiophene rings is 1. The molecule has 0 atom stereocenters. The van der Waals surface area contributed by atoms with Crippen LogP contribution in [0.25, 0.3) is 0 Å². The number of ether oxygens (including phenoxy) is 1. The molecular formula is C13H13NO2S. The molecule has 0 spiro atoms. The number of anilines is 1. The molecule has 0 saturated carbocycles. The van der Waals surface area contributed by atoms with Crippen LogP contribution in [0.4, 0.5) is 5.69 Å². The van der Waals surface area contributed by atoms with Gasteiger partial charge in [-0.05, 0) is 35.7 Å². The molecule has 0 radical (unpaired) electrons. The van der Waals surface area contributed by atoms with Crippen molar-refractivity contribution in [3.8, 4) is 5.75 Å². The maximum atomic E-state index is 12.1. The topological polar surface area (TPSA) is 29.5 Å². The van der Waals surface area contributed by atoms with Gasteiger partial charge >= 0.3 is 0 Å². The van der Waals surface area contributed by atoms with E-state index in [1.165, 1.54) is 11.3 Å². The monoisotopic (exact) mass is 247 g/mol. The van der Waals surface area contributed by atoms with E-state index in [2.05, 4.69) is 0 Å². The average molecular weight is 247 g/mol. The summed E-state index contributed by atoms with van der Waals surface area (Å²) < 4.78 is 5.08. The van der Waals surface area contributed by atoms with Gasteiger partial charge in [-0.2, -0.15) is 0 Å². The number of methoxy groups -OCH3 is 1. The summed E-state index contributed by atoms with van der Waals surface area (Å²) in [5.41, 5.74) is 0.851. The molecule has 0 fully saturated rings. The lowest BCUT2D eigenvalue weighted by molar-refractivity contribution is 0.0997. The Labute approximate surface area is 104 Å². The van der Waals surface area contributed by atoms with Crippen molar-refractivity contribution in [1.29, 1.82) is 0 Å². The van der Waals surface area contributed by atoms with Crippen molar-refractivity contribution in [2.75, 3.05) is 19.1 Å². The highest BCUT2D eigenvalue weighted by molar-refractivity contribution is 7.12. The second-order valence-electron chi connectivity index (χ2n) is 3.54. The van der Waals surface area contributed by atoms with Crippen molar-refractivity contribution in [2.24, 2.45) is 0 Å². The summed E-state index contributed by atoms with van der Waals surface area (Å²) in [5.74, 6) is 0.788. The molecule has 3 nitrogen and oxygen atoms in total. The smallest absolute Gasteiger partial charge is 0.268 e. The van der Waals surface area contributed by atoms with Gasteiger partial charge in [0.1, 0.15) is 5.75 Å². The fourth-order valence-corrected chi connectivity index (χ4v) is 2.19. The zero-order chi connectivity index (χ0) is 12.3. The SMILES string of the molecule is COc1ccc(N(C)C(=O)c2cccs2)cc1. The first kappa shape index (κ1) is 11.7. The van der Waals surface area contributed by atoms with Crippen molar-refractivity contribution < 1.29 is 9.53 Å². The highest BCUT2D eigenvalue weighted by Crippen LogP contribution is 2.21. The predicted molar refractivity (Wildman–Crippen MR) is 70.0 cm³/mol. The second-order valence-corrected chi connectivity index (χ2v) is 4.49. The van der Waals surface area contributed by atoms with Gasteiger partial charge in [0.25, 0.3) is 5.91 Å². The van der Waals surface area contributed by atoms with Crippen molar-refractivity contribution in [3.05, 3.63) is 46.7 Å². The third-order valence-electron chi connectivity index (χ3n) is 2.50. The fraction of sp³-hybridized carbons (Fsp3) is 0.154. The minimum absolute atomic E-state index is 0.00478. The molecule has 17 heavy (non-hydrogen) atoms. The zero-order valence-electron chi connectivity index (χ0n) is 9.71. The molecule has 2 aromatic rings. The van der Waals surface area contributed by atoms with Crippen LogP contribution in [0.2, 0.25) is 0 Å². The largest absolute Gasteiger partial charge is 0.497 e. The van der Waals surface area contributed by atoms with Crippen LogP contribution in [0.3, 0.4) is 0 Å². The number of hydrogen-bond donors (Lipinski definition) is 0. The van der Waals surface area contributed by atoms with Gasteiger partial charge in [-0.25, -0.2) is 0 Å². The highest BCUT2D eigenvalue weighted by Gasteiger charge is 2.13. The summed E-state index contributed by atoms with van der Waals surface area (Å²) in [6, 6.07) is 11.1. The highest BCUT2D eigenvalue weighted by atomic mass is 32.1. The van der Waals surface area contributed by atoms with E-state index >= 15 is 0 Å². The molecule has 0 saturated heterocycles. The summed E-state index contributed by atoms with van der Waals surface area (Å²) in [6.07, 6.45) is 0. The van der Waals surface area contributed by atoms with Gasteiger partial charge in [0.05, 0.1) is 12.0 Å². The molecule has 0 aliphatic heterocycles. The number of rotatable bonds is 3. The van der Waals surface area contributed by atoms with Crippen molar-refractivity contribution in [2.45, 2.75) is 0 Å². The first-order valence-electron chi connectivity index (χ1n) is 5.18. The molecule has 1 heterocycles. The molecular weight excluding hydrogens is 234 g/mol. The molecule has 0 aliphatic carbocycles. The molecule has 4 heteroatoms. The summed E-state index contributed by atoms with van der Waals surface area (Å²) in [5, 5.41) is 1.90. The van der Waals surface area contributed by atoms with Crippen LogP contribution in [0.1, 0.15) is 9.67 Å². The number of amides is 1. The molecule has 0 N–H and O–H groups in total. The van der Waals surface area contributed by atoms with Crippen molar-refractivity contribution >= 4 is 22.9 Å². The zero-order valence-corrected chi connectivity index (χ0v) is 10.5. The van der Waals surface area contributed by atoms with Crippen LogP contribution in [-0.2, 0) is 0 Å². The minimum Gasteiger partial charge on any atom is -0.497 e. The first-order valence-corrected chi connectivity index (χ1v) is 6.06. The van der Waals surface area contributed by atoms with Gasteiger partial charge in [-0.3, -0.25) is 4.79 Å². The van der Waals surface area contributed by atoms with Crippen LogP contribution < -0.4 is 9.64 Å².